The third-order valence-electron chi connectivity index (χ3n) is 7.66. The van der Waals surface area contributed by atoms with Gasteiger partial charge in [-0.25, -0.2) is 0 Å². The molecule has 0 radical (unpaired) electrons. The summed E-state index contributed by atoms with van der Waals surface area (Å²) in [6, 6.07) is 13.8. The van der Waals surface area contributed by atoms with Crippen molar-refractivity contribution in [2.24, 2.45) is 11.8 Å². The van der Waals surface area contributed by atoms with Gasteiger partial charge in [0.15, 0.2) is 11.5 Å². The molecule has 8 heteroatoms. The number of nitrogens with zero attached hydrogens (tertiary/aromatic N) is 1. The van der Waals surface area contributed by atoms with Gasteiger partial charge in [-0.15, -0.1) is 0 Å². The molecular weight excluding hydrogens is 446 g/mol. The predicted molar refractivity (Wildman–Crippen MR) is 127 cm³/mol. The second kappa shape index (κ2) is 7.61. The first-order chi connectivity index (χ1) is 17.1. The molecule has 2 aromatic carbocycles. The minimum absolute atomic E-state index is 0.0358. The molecule has 0 aliphatic carbocycles. The van der Waals surface area contributed by atoms with Crippen LogP contribution >= 0.6 is 0 Å². The molecule has 2 fully saturated rings. The van der Waals surface area contributed by atoms with Gasteiger partial charge in [-0.1, -0.05) is 36.4 Å². The summed E-state index contributed by atoms with van der Waals surface area (Å²) >= 11 is 0. The predicted octanol–water partition coefficient (Wildman–Crippen LogP) is 2.54. The maximum atomic E-state index is 13.5. The van der Waals surface area contributed by atoms with Crippen LogP contribution in [0.3, 0.4) is 0 Å². The zero-order valence-electron chi connectivity index (χ0n) is 19.0. The SMILES string of the molecule is O=C(NCCc1c[nH]c2ccccc12)C1C2C=C[C@@]3(CN(Cc4ccc5c(c4)OCO5)C(=O)C13)O2. The number of para-hydroxylation sites is 1. The van der Waals surface area contributed by atoms with Crippen LogP contribution in [0.2, 0.25) is 0 Å². The number of amides is 2. The highest BCUT2D eigenvalue weighted by molar-refractivity contribution is 5.93. The number of nitrogens with one attached hydrogen (secondary N) is 2. The molecule has 4 aliphatic heterocycles. The molecule has 3 aromatic rings. The van der Waals surface area contributed by atoms with Crippen molar-refractivity contribution in [2.45, 2.75) is 24.7 Å². The smallest absolute Gasteiger partial charge is 0.231 e. The lowest BCUT2D eigenvalue weighted by molar-refractivity contribution is -0.137. The van der Waals surface area contributed by atoms with E-state index in [4.69, 9.17) is 14.2 Å². The van der Waals surface area contributed by atoms with E-state index in [1.54, 1.807) is 4.90 Å². The summed E-state index contributed by atoms with van der Waals surface area (Å²) in [4.78, 5) is 31.8. The number of benzene rings is 2. The fourth-order valence-corrected chi connectivity index (χ4v) is 6.05. The number of hydrogen-bond acceptors (Lipinski definition) is 5. The van der Waals surface area contributed by atoms with Crippen molar-refractivity contribution in [3.8, 4) is 11.5 Å². The first-order valence-electron chi connectivity index (χ1n) is 12.0. The molecule has 8 nitrogen and oxygen atoms in total. The summed E-state index contributed by atoms with van der Waals surface area (Å²) in [5.41, 5.74) is 2.48. The molecule has 35 heavy (non-hydrogen) atoms. The van der Waals surface area contributed by atoms with E-state index in [9.17, 15) is 9.59 Å². The van der Waals surface area contributed by atoms with Crippen molar-refractivity contribution in [3.63, 3.8) is 0 Å². The van der Waals surface area contributed by atoms with Crippen molar-refractivity contribution in [1.29, 1.82) is 0 Å². The number of likely N-dealkylation sites (tertiary alicyclic amines) is 1. The summed E-state index contributed by atoms with van der Waals surface area (Å²) in [5, 5.41) is 4.23. The molecule has 0 saturated carbocycles. The number of rotatable bonds is 6. The highest BCUT2D eigenvalue weighted by atomic mass is 16.7. The van der Waals surface area contributed by atoms with Gasteiger partial charge >= 0.3 is 0 Å². The molecule has 2 saturated heterocycles. The Morgan fingerprint density at radius 1 is 1.17 bits per heavy atom. The van der Waals surface area contributed by atoms with Crippen LogP contribution in [-0.2, 0) is 27.3 Å². The van der Waals surface area contributed by atoms with E-state index in [1.807, 2.05) is 54.7 Å². The van der Waals surface area contributed by atoms with Crippen molar-refractivity contribution in [3.05, 3.63) is 71.9 Å². The fraction of sp³-hybridized carbons (Fsp3) is 0.333. The molecule has 1 spiro atoms. The Hall–Kier alpha value is -3.78. The quantitative estimate of drug-likeness (QED) is 0.539. The van der Waals surface area contributed by atoms with E-state index in [2.05, 4.69) is 16.4 Å². The monoisotopic (exact) mass is 471 g/mol. The summed E-state index contributed by atoms with van der Waals surface area (Å²) < 4.78 is 17.1. The van der Waals surface area contributed by atoms with Gasteiger partial charge in [0.25, 0.3) is 0 Å². The molecule has 2 bridgehead atoms. The van der Waals surface area contributed by atoms with Gasteiger partial charge in [-0.2, -0.15) is 0 Å². The molecule has 4 aliphatic rings. The fourth-order valence-electron chi connectivity index (χ4n) is 6.05. The number of carbonyl (C=O) groups is 2. The summed E-state index contributed by atoms with van der Waals surface area (Å²) in [5.74, 6) is 0.232. The zero-order chi connectivity index (χ0) is 23.6. The normalized spacial score (nSPS) is 27.7. The van der Waals surface area contributed by atoms with Crippen LogP contribution in [0.4, 0.5) is 0 Å². The van der Waals surface area contributed by atoms with E-state index in [1.165, 1.54) is 0 Å². The van der Waals surface area contributed by atoms with Gasteiger partial charge < -0.3 is 29.4 Å². The molecule has 2 amide bonds. The number of H-pyrrole nitrogens is 1. The standard InChI is InChI=1S/C27H25N3O5/c31-25(28-10-8-17-12-29-19-4-2-1-3-18(17)19)23-21-7-9-27(35-21)14-30(26(32)24(23)27)13-16-5-6-20-22(11-16)34-15-33-20/h1-7,9,11-12,21,23-24,29H,8,10,13-15H2,(H,28,31)/t21?,23?,24?,27-/m0/s1. The molecule has 4 atom stereocenters. The second-order valence-corrected chi connectivity index (χ2v) is 9.68. The van der Waals surface area contributed by atoms with Gasteiger partial charge in [0.1, 0.15) is 5.60 Å². The lowest BCUT2D eigenvalue weighted by Gasteiger charge is -2.23. The molecule has 178 valence electrons. The van der Waals surface area contributed by atoms with Gasteiger partial charge in [-0.3, -0.25) is 9.59 Å². The van der Waals surface area contributed by atoms with Crippen molar-refractivity contribution < 1.29 is 23.8 Å². The molecular formula is C27H25N3O5. The average Bonchev–Trinajstić information content (AvgIpc) is 3.67. The number of hydrogen-bond donors (Lipinski definition) is 2. The average molecular weight is 472 g/mol. The molecule has 2 N–H and O–H groups in total. The van der Waals surface area contributed by atoms with Gasteiger partial charge in [-0.05, 0) is 35.7 Å². The maximum Gasteiger partial charge on any atom is 0.231 e. The summed E-state index contributed by atoms with van der Waals surface area (Å²) in [7, 11) is 0. The van der Waals surface area contributed by atoms with Crippen LogP contribution in [0, 0.1) is 11.8 Å². The van der Waals surface area contributed by atoms with Gasteiger partial charge in [0.05, 0.1) is 24.5 Å². The number of aromatic amines is 1. The van der Waals surface area contributed by atoms with Crippen molar-refractivity contribution in [2.75, 3.05) is 19.9 Å². The van der Waals surface area contributed by atoms with Crippen molar-refractivity contribution in [1.82, 2.24) is 15.2 Å². The number of fused-ring (bicyclic) bond motifs is 3. The van der Waals surface area contributed by atoms with Gasteiger partial charge in [0, 0.05) is 30.2 Å². The largest absolute Gasteiger partial charge is 0.454 e. The summed E-state index contributed by atoms with van der Waals surface area (Å²) in [6.07, 6.45) is 6.27. The lowest BCUT2D eigenvalue weighted by Crippen LogP contribution is -2.44. The Morgan fingerprint density at radius 3 is 3.00 bits per heavy atom. The topological polar surface area (TPSA) is 92.9 Å². The molecule has 5 heterocycles. The van der Waals surface area contributed by atoms with Crippen LogP contribution in [0.1, 0.15) is 11.1 Å². The number of ether oxygens (including phenoxy) is 3. The number of carbonyl (C=O) groups excluding carboxylic acids is 2. The van der Waals surface area contributed by atoms with Crippen LogP contribution in [0.15, 0.2) is 60.8 Å². The Labute approximate surface area is 201 Å². The van der Waals surface area contributed by atoms with E-state index in [-0.39, 0.29) is 24.7 Å². The van der Waals surface area contributed by atoms with E-state index < -0.39 is 17.4 Å². The van der Waals surface area contributed by atoms with Crippen LogP contribution in [-0.4, -0.2) is 53.3 Å². The minimum atomic E-state index is -0.725. The first kappa shape index (κ1) is 20.6. The van der Waals surface area contributed by atoms with Gasteiger partial charge in [0.2, 0.25) is 18.6 Å². The van der Waals surface area contributed by atoms with Crippen LogP contribution < -0.4 is 14.8 Å². The van der Waals surface area contributed by atoms with E-state index >= 15 is 0 Å². The minimum Gasteiger partial charge on any atom is -0.454 e. The Bertz CT molecular complexity index is 1380. The van der Waals surface area contributed by atoms with E-state index in [0.29, 0.717) is 37.6 Å². The Balaban J connectivity index is 1.04. The lowest BCUT2D eigenvalue weighted by atomic mass is 9.77. The third kappa shape index (κ3) is 3.16. The van der Waals surface area contributed by atoms with Crippen LogP contribution in [0.5, 0.6) is 11.5 Å². The van der Waals surface area contributed by atoms with E-state index in [0.717, 1.165) is 22.0 Å². The highest BCUT2D eigenvalue weighted by Crippen LogP contribution is 2.52. The number of aromatic nitrogens is 1. The molecule has 7 rings (SSSR count). The maximum absolute atomic E-state index is 13.5. The Morgan fingerprint density at radius 2 is 2.06 bits per heavy atom. The highest BCUT2D eigenvalue weighted by Gasteiger charge is 2.66. The third-order valence-corrected chi connectivity index (χ3v) is 7.66. The van der Waals surface area contributed by atoms with Crippen molar-refractivity contribution >= 4 is 22.7 Å². The first-order valence-corrected chi connectivity index (χ1v) is 12.0. The molecule has 1 aromatic heterocycles. The zero-order valence-corrected chi connectivity index (χ0v) is 19.0. The summed E-state index contributed by atoms with van der Waals surface area (Å²) in [6.45, 7) is 1.59. The second-order valence-electron chi connectivity index (χ2n) is 9.68. The molecule has 3 unspecified atom stereocenters. The van der Waals surface area contributed by atoms with Crippen LogP contribution in [0.25, 0.3) is 10.9 Å². The Kier molecular flexibility index (Phi) is 4.48.